The van der Waals surface area contributed by atoms with Gasteiger partial charge in [0.2, 0.25) is 0 Å². The predicted molar refractivity (Wildman–Crippen MR) is 86.9 cm³/mol. The SMILES string of the molecule is CNC(C)c1ccc(OCC(=O)NC(C)C(C)C)c(Cl)c1. The van der Waals surface area contributed by atoms with Crippen molar-refractivity contribution in [2.45, 2.75) is 39.8 Å². The number of carbonyl (C=O) groups is 1. The van der Waals surface area contributed by atoms with Gasteiger partial charge in [0.25, 0.3) is 5.91 Å². The minimum Gasteiger partial charge on any atom is -0.482 e. The van der Waals surface area contributed by atoms with Crippen LogP contribution in [0, 0.1) is 5.92 Å². The average molecular weight is 313 g/mol. The number of hydrogen-bond donors (Lipinski definition) is 2. The van der Waals surface area contributed by atoms with Crippen LogP contribution >= 0.6 is 11.6 Å². The molecule has 118 valence electrons. The van der Waals surface area contributed by atoms with Gasteiger partial charge in [-0.25, -0.2) is 0 Å². The van der Waals surface area contributed by atoms with E-state index in [-0.39, 0.29) is 24.6 Å². The zero-order valence-electron chi connectivity index (χ0n) is 13.4. The van der Waals surface area contributed by atoms with Crippen LogP contribution in [0.1, 0.15) is 39.3 Å². The Balaban J connectivity index is 2.58. The molecule has 1 aromatic carbocycles. The highest BCUT2D eigenvalue weighted by Crippen LogP contribution is 2.27. The highest BCUT2D eigenvalue weighted by atomic mass is 35.5. The second-order valence-electron chi connectivity index (χ2n) is 5.59. The molecule has 2 atom stereocenters. The lowest BCUT2D eigenvalue weighted by atomic mass is 10.1. The van der Waals surface area contributed by atoms with E-state index in [1.807, 2.05) is 33.0 Å². The van der Waals surface area contributed by atoms with Crippen LogP contribution in [0.25, 0.3) is 0 Å². The Labute approximate surface area is 132 Å². The molecule has 0 saturated heterocycles. The van der Waals surface area contributed by atoms with Crippen molar-refractivity contribution in [1.29, 1.82) is 0 Å². The van der Waals surface area contributed by atoms with Crippen LogP contribution in [0.3, 0.4) is 0 Å². The summed E-state index contributed by atoms with van der Waals surface area (Å²) in [6.45, 7) is 8.11. The molecule has 0 aliphatic carbocycles. The topological polar surface area (TPSA) is 50.4 Å². The third-order valence-corrected chi connectivity index (χ3v) is 3.93. The van der Waals surface area contributed by atoms with Gasteiger partial charge in [0, 0.05) is 12.1 Å². The van der Waals surface area contributed by atoms with Crippen molar-refractivity contribution in [1.82, 2.24) is 10.6 Å². The van der Waals surface area contributed by atoms with Gasteiger partial charge < -0.3 is 15.4 Å². The highest BCUT2D eigenvalue weighted by molar-refractivity contribution is 6.32. The minimum absolute atomic E-state index is 0.0301. The molecule has 0 aliphatic rings. The number of ether oxygens (including phenoxy) is 1. The summed E-state index contributed by atoms with van der Waals surface area (Å²) in [6, 6.07) is 5.93. The summed E-state index contributed by atoms with van der Waals surface area (Å²) < 4.78 is 5.48. The first-order chi connectivity index (χ1) is 9.85. The minimum atomic E-state index is -0.139. The molecule has 0 heterocycles. The summed E-state index contributed by atoms with van der Waals surface area (Å²) in [4.78, 5) is 11.8. The maximum Gasteiger partial charge on any atom is 0.258 e. The standard InChI is InChI=1S/C16H25ClN2O2/c1-10(2)11(3)19-16(20)9-21-15-7-6-13(8-14(15)17)12(4)18-5/h6-8,10-12,18H,9H2,1-5H3,(H,19,20). The molecular weight excluding hydrogens is 288 g/mol. The molecule has 1 aromatic rings. The number of amides is 1. The lowest BCUT2D eigenvalue weighted by Gasteiger charge is -2.18. The first-order valence-electron chi connectivity index (χ1n) is 7.24. The van der Waals surface area contributed by atoms with Gasteiger partial charge in [0.1, 0.15) is 5.75 Å². The van der Waals surface area contributed by atoms with Gasteiger partial charge in [0.05, 0.1) is 5.02 Å². The molecule has 0 aliphatic heterocycles. The van der Waals surface area contributed by atoms with Crippen LogP contribution in [0.5, 0.6) is 5.75 Å². The second kappa shape index (κ2) is 8.25. The monoisotopic (exact) mass is 312 g/mol. The molecule has 21 heavy (non-hydrogen) atoms. The van der Waals surface area contributed by atoms with Crippen LogP contribution in [0.15, 0.2) is 18.2 Å². The van der Waals surface area contributed by atoms with Crippen molar-refractivity contribution >= 4 is 17.5 Å². The lowest BCUT2D eigenvalue weighted by molar-refractivity contribution is -0.123. The first kappa shape index (κ1) is 17.8. The van der Waals surface area contributed by atoms with Crippen molar-refractivity contribution in [3.63, 3.8) is 0 Å². The second-order valence-corrected chi connectivity index (χ2v) is 6.00. The molecule has 0 fully saturated rings. The molecule has 2 N–H and O–H groups in total. The molecule has 0 radical (unpaired) electrons. The third-order valence-electron chi connectivity index (χ3n) is 3.64. The van der Waals surface area contributed by atoms with Crippen molar-refractivity contribution < 1.29 is 9.53 Å². The fraction of sp³-hybridized carbons (Fsp3) is 0.562. The third kappa shape index (κ3) is 5.56. The van der Waals surface area contributed by atoms with E-state index in [9.17, 15) is 4.79 Å². The van der Waals surface area contributed by atoms with Crippen molar-refractivity contribution in [2.75, 3.05) is 13.7 Å². The van der Waals surface area contributed by atoms with Crippen molar-refractivity contribution in [3.05, 3.63) is 28.8 Å². The van der Waals surface area contributed by atoms with E-state index >= 15 is 0 Å². The molecule has 0 aromatic heterocycles. The van der Waals surface area contributed by atoms with Crippen molar-refractivity contribution in [2.24, 2.45) is 5.92 Å². The fourth-order valence-corrected chi connectivity index (χ4v) is 1.92. The fourth-order valence-electron chi connectivity index (χ4n) is 1.68. The van der Waals surface area contributed by atoms with Gasteiger partial charge in [-0.15, -0.1) is 0 Å². The maximum absolute atomic E-state index is 11.8. The van der Waals surface area contributed by atoms with Gasteiger partial charge >= 0.3 is 0 Å². The Bertz CT molecular complexity index is 477. The summed E-state index contributed by atoms with van der Waals surface area (Å²) in [5.74, 6) is 0.774. The van der Waals surface area contributed by atoms with Crippen LogP contribution in [0.4, 0.5) is 0 Å². The number of carbonyl (C=O) groups excluding carboxylic acids is 1. The number of rotatable bonds is 7. The summed E-state index contributed by atoms with van der Waals surface area (Å²) >= 11 is 6.19. The Morgan fingerprint density at radius 2 is 1.95 bits per heavy atom. The van der Waals surface area contributed by atoms with E-state index in [1.54, 1.807) is 6.07 Å². The lowest BCUT2D eigenvalue weighted by Crippen LogP contribution is -2.38. The van der Waals surface area contributed by atoms with Gasteiger partial charge in [-0.1, -0.05) is 31.5 Å². The molecule has 0 spiro atoms. The summed E-state index contributed by atoms with van der Waals surface area (Å²) in [7, 11) is 1.89. The zero-order valence-corrected chi connectivity index (χ0v) is 14.1. The quantitative estimate of drug-likeness (QED) is 0.813. The average Bonchev–Trinajstić information content (AvgIpc) is 2.44. The van der Waals surface area contributed by atoms with E-state index in [2.05, 4.69) is 24.5 Å². The Hall–Kier alpha value is -1.26. The number of hydrogen-bond acceptors (Lipinski definition) is 3. The predicted octanol–water partition coefficient (Wildman–Crippen LogP) is 3.16. The molecule has 1 rings (SSSR count). The van der Waals surface area contributed by atoms with Gasteiger partial charge in [-0.2, -0.15) is 0 Å². The van der Waals surface area contributed by atoms with Gasteiger partial charge in [-0.3, -0.25) is 4.79 Å². The Morgan fingerprint density at radius 1 is 1.29 bits per heavy atom. The first-order valence-corrected chi connectivity index (χ1v) is 7.61. The van der Waals surface area contributed by atoms with Gasteiger partial charge in [-0.05, 0) is 44.5 Å². The molecule has 4 nitrogen and oxygen atoms in total. The van der Waals surface area contributed by atoms with E-state index < -0.39 is 0 Å². The van der Waals surface area contributed by atoms with Crippen LogP contribution < -0.4 is 15.4 Å². The zero-order chi connectivity index (χ0) is 16.0. The van der Waals surface area contributed by atoms with E-state index in [0.717, 1.165) is 5.56 Å². The Morgan fingerprint density at radius 3 is 2.48 bits per heavy atom. The molecule has 1 amide bonds. The van der Waals surface area contributed by atoms with Crippen LogP contribution in [-0.2, 0) is 4.79 Å². The molecule has 5 heteroatoms. The molecular formula is C16H25ClN2O2. The van der Waals surface area contributed by atoms with E-state index in [4.69, 9.17) is 16.3 Å². The number of benzene rings is 1. The molecule has 0 saturated carbocycles. The summed E-state index contributed by atoms with van der Waals surface area (Å²) in [6.07, 6.45) is 0. The summed E-state index contributed by atoms with van der Waals surface area (Å²) in [5.41, 5.74) is 1.08. The Kier molecular flexibility index (Phi) is 6.99. The maximum atomic E-state index is 11.8. The van der Waals surface area contributed by atoms with Crippen molar-refractivity contribution in [3.8, 4) is 5.75 Å². The molecule has 2 unspecified atom stereocenters. The smallest absolute Gasteiger partial charge is 0.258 e. The largest absolute Gasteiger partial charge is 0.482 e. The number of halogens is 1. The van der Waals surface area contributed by atoms with Crippen LogP contribution in [0.2, 0.25) is 5.02 Å². The van der Waals surface area contributed by atoms with Gasteiger partial charge in [0.15, 0.2) is 6.61 Å². The van der Waals surface area contributed by atoms with Crippen LogP contribution in [-0.4, -0.2) is 25.6 Å². The molecule has 0 bridgehead atoms. The normalized spacial score (nSPS) is 13.9. The highest BCUT2D eigenvalue weighted by Gasteiger charge is 2.12. The number of nitrogens with one attached hydrogen (secondary N) is 2. The van der Waals surface area contributed by atoms with E-state index in [1.165, 1.54) is 0 Å². The summed E-state index contributed by atoms with van der Waals surface area (Å²) in [5, 5.41) is 6.55. The van der Waals surface area contributed by atoms with E-state index in [0.29, 0.717) is 16.7 Å².